The van der Waals surface area contributed by atoms with Gasteiger partial charge in [0.2, 0.25) is 0 Å². The standard InChI is InChI=1S/C20H15FN4O/c1-11-8-9-23-16-7-4-13(10-15(11)16)18-17(24-19(22)20(26)25-18)12-2-5-14(21)6-3-12/h2-10H,1H3,(H2,22,24)(H,25,26). The van der Waals surface area contributed by atoms with Crippen molar-refractivity contribution < 1.29 is 9.50 Å². The summed E-state index contributed by atoms with van der Waals surface area (Å²) in [5.74, 6) is -0.761. The summed E-state index contributed by atoms with van der Waals surface area (Å²) < 4.78 is 13.3. The molecule has 0 saturated heterocycles. The normalized spacial score (nSPS) is 11.0. The van der Waals surface area contributed by atoms with Gasteiger partial charge in [0.05, 0.1) is 11.2 Å². The van der Waals surface area contributed by atoms with Crippen molar-refractivity contribution in [3.05, 3.63) is 66.1 Å². The number of halogens is 1. The Labute approximate surface area is 149 Å². The Kier molecular flexibility index (Phi) is 3.73. The van der Waals surface area contributed by atoms with E-state index in [0.717, 1.165) is 22.0 Å². The first-order chi connectivity index (χ1) is 12.5. The fraction of sp³-hybridized carbons (Fsp3) is 0.0500. The van der Waals surface area contributed by atoms with E-state index >= 15 is 0 Å². The number of rotatable bonds is 2. The summed E-state index contributed by atoms with van der Waals surface area (Å²) in [4.78, 5) is 12.9. The minimum Gasteiger partial charge on any atom is -0.491 e. The summed E-state index contributed by atoms with van der Waals surface area (Å²) >= 11 is 0. The molecule has 0 aliphatic rings. The molecule has 0 saturated carbocycles. The molecule has 4 aromatic rings. The van der Waals surface area contributed by atoms with E-state index in [4.69, 9.17) is 5.73 Å². The van der Waals surface area contributed by atoms with Gasteiger partial charge in [-0.15, -0.1) is 0 Å². The predicted octanol–water partition coefficient (Wildman–Crippen LogP) is 4.09. The summed E-state index contributed by atoms with van der Waals surface area (Å²) in [6.45, 7) is 2.00. The second-order valence-electron chi connectivity index (χ2n) is 6.00. The number of pyridine rings is 1. The third-order valence-electron chi connectivity index (χ3n) is 4.25. The van der Waals surface area contributed by atoms with Crippen molar-refractivity contribution in [1.82, 2.24) is 15.0 Å². The molecule has 0 bridgehead atoms. The van der Waals surface area contributed by atoms with Gasteiger partial charge in [0, 0.05) is 22.7 Å². The Bertz CT molecular complexity index is 1130. The highest BCUT2D eigenvalue weighted by molar-refractivity contribution is 5.89. The van der Waals surface area contributed by atoms with Crippen molar-refractivity contribution in [3.63, 3.8) is 0 Å². The average molecular weight is 346 g/mol. The van der Waals surface area contributed by atoms with E-state index in [2.05, 4.69) is 15.0 Å². The molecule has 2 heterocycles. The van der Waals surface area contributed by atoms with Crippen LogP contribution in [0.5, 0.6) is 5.88 Å². The summed E-state index contributed by atoms with van der Waals surface area (Å²) in [6.07, 6.45) is 1.76. The van der Waals surface area contributed by atoms with Gasteiger partial charge in [-0.1, -0.05) is 6.07 Å². The van der Waals surface area contributed by atoms with Crippen LogP contribution in [0.4, 0.5) is 10.2 Å². The highest BCUT2D eigenvalue weighted by atomic mass is 19.1. The number of nitrogens with zero attached hydrogens (tertiary/aromatic N) is 3. The molecule has 128 valence electrons. The fourth-order valence-corrected chi connectivity index (χ4v) is 2.88. The van der Waals surface area contributed by atoms with E-state index in [1.54, 1.807) is 18.3 Å². The van der Waals surface area contributed by atoms with Gasteiger partial charge in [0.15, 0.2) is 5.82 Å². The number of nitrogens with two attached hydrogens (primary N) is 1. The van der Waals surface area contributed by atoms with Crippen LogP contribution < -0.4 is 5.73 Å². The van der Waals surface area contributed by atoms with E-state index < -0.39 is 0 Å². The second-order valence-corrected chi connectivity index (χ2v) is 6.00. The summed E-state index contributed by atoms with van der Waals surface area (Å²) in [6, 6.07) is 13.5. The van der Waals surface area contributed by atoms with E-state index in [1.807, 2.05) is 31.2 Å². The maximum Gasteiger partial charge on any atom is 0.255 e. The molecular weight excluding hydrogens is 331 g/mol. The van der Waals surface area contributed by atoms with Crippen molar-refractivity contribution in [2.24, 2.45) is 0 Å². The van der Waals surface area contributed by atoms with Gasteiger partial charge in [-0.2, -0.15) is 0 Å². The van der Waals surface area contributed by atoms with Gasteiger partial charge in [-0.05, 0) is 55.0 Å². The van der Waals surface area contributed by atoms with E-state index in [9.17, 15) is 9.50 Å². The van der Waals surface area contributed by atoms with E-state index in [0.29, 0.717) is 17.0 Å². The SMILES string of the molecule is Cc1ccnc2ccc(-c3nc(O)c(N)nc3-c3ccc(F)cc3)cc12. The summed E-state index contributed by atoms with van der Waals surface area (Å²) in [5.41, 5.74) is 10.0. The van der Waals surface area contributed by atoms with Gasteiger partial charge in [-0.3, -0.25) is 4.98 Å². The molecule has 26 heavy (non-hydrogen) atoms. The highest BCUT2D eigenvalue weighted by Crippen LogP contribution is 2.34. The minimum atomic E-state index is -0.345. The van der Waals surface area contributed by atoms with Crippen molar-refractivity contribution in [2.75, 3.05) is 5.73 Å². The Hall–Kier alpha value is -3.54. The Balaban J connectivity index is 1.97. The van der Waals surface area contributed by atoms with E-state index in [-0.39, 0.29) is 17.5 Å². The average Bonchev–Trinajstić information content (AvgIpc) is 2.64. The summed E-state index contributed by atoms with van der Waals surface area (Å²) in [7, 11) is 0. The molecule has 0 amide bonds. The van der Waals surface area contributed by atoms with Crippen LogP contribution in [0.25, 0.3) is 33.4 Å². The lowest BCUT2D eigenvalue weighted by Crippen LogP contribution is -2.00. The first kappa shape index (κ1) is 16.0. The number of aryl methyl sites for hydroxylation is 1. The molecule has 0 fully saturated rings. The number of aromatic hydroxyl groups is 1. The first-order valence-electron chi connectivity index (χ1n) is 8.01. The number of aromatic nitrogens is 3. The van der Waals surface area contributed by atoms with Crippen LogP contribution in [0.3, 0.4) is 0 Å². The van der Waals surface area contributed by atoms with Crippen LogP contribution in [0.1, 0.15) is 5.56 Å². The molecule has 2 aromatic carbocycles. The van der Waals surface area contributed by atoms with Crippen LogP contribution in [0.2, 0.25) is 0 Å². The molecule has 0 atom stereocenters. The molecule has 5 nitrogen and oxygen atoms in total. The van der Waals surface area contributed by atoms with Gasteiger partial charge in [0.1, 0.15) is 11.5 Å². The van der Waals surface area contributed by atoms with Crippen LogP contribution in [-0.4, -0.2) is 20.1 Å². The predicted molar refractivity (Wildman–Crippen MR) is 99.0 cm³/mol. The minimum absolute atomic E-state index is 0.0771. The number of benzene rings is 2. The molecule has 0 aliphatic carbocycles. The highest BCUT2D eigenvalue weighted by Gasteiger charge is 2.16. The van der Waals surface area contributed by atoms with Crippen molar-refractivity contribution >= 4 is 16.7 Å². The molecule has 0 spiro atoms. The largest absolute Gasteiger partial charge is 0.491 e. The van der Waals surface area contributed by atoms with Crippen molar-refractivity contribution in [1.29, 1.82) is 0 Å². The maximum atomic E-state index is 13.3. The Morgan fingerprint density at radius 3 is 2.38 bits per heavy atom. The first-order valence-corrected chi connectivity index (χ1v) is 8.01. The third kappa shape index (κ3) is 2.71. The lowest BCUT2D eigenvalue weighted by Gasteiger charge is -2.11. The number of fused-ring (bicyclic) bond motifs is 1. The van der Waals surface area contributed by atoms with Gasteiger partial charge in [0.25, 0.3) is 5.88 Å². The smallest absolute Gasteiger partial charge is 0.255 e. The Morgan fingerprint density at radius 1 is 0.923 bits per heavy atom. The number of hydrogen-bond acceptors (Lipinski definition) is 5. The zero-order valence-corrected chi connectivity index (χ0v) is 13.9. The molecular formula is C20H15FN4O. The topological polar surface area (TPSA) is 84.9 Å². The van der Waals surface area contributed by atoms with Crippen molar-refractivity contribution in [2.45, 2.75) is 6.92 Å². The zero-order valence-electron chi connectivity index (χ0n) is 13.9. The van der Waals surface area contributed by atoms with E-state index in [1.165, 1.54) is 12.1 Å². The van der Waals surface area contributed by atoms with Crippen LogP contribution in [0, 0.1) is 12.7 Å². The third-order valence-corrected chi connectivity index (χ3v) is 4.25. The molecule has 3 N–H and O–H groups in total. The van der Waals surface area contributed by atoms with Crippen molar-refractivity contribution in [3.8, 4) is 28.4 Å². The number of nitrogen functional groups attached to an aromatic ring is 1. The number of anilines is 1. The lowest BCUT2D eigenvalue weighted by atomic mass is 10.0. The van der Waals surface area contributed by atoms with Gasteiger partial charge >= 0.3 is 0 Å². The summed E-state index contributed by atoms with van der Waals surface area (Å²) in [5, 5.41) is 11.0. The van der Waals surface area contributed by atoms with Crippen LogP contribution >= 0.6 is 0 Å². The zero-order chi connectivity index (χ0) is 18.3. The lowest BCUT2D eigenvalue weighted by molar-refractivity contribution is 0.455. The molecule has 0 unspecified atom stereocenters. The molecule has 6 heteroatoms. The quantitative estimate of drug-likeness (QED) is 0.571. The second kappa shape index (κ2) is 6.07. The monoisotopic (exact) mass is 346 g/mol. The van der Waals surface area contributed by atoms with Gasteiger partial charge < -0.3 is 10.8 Å². The molecule has 0 aliphatic heterocycles. The maximum absolute atomic E-state index is 13.3. The fourth-order valence-electron chi connectivity index (χ4n) is 2.88. The van der Waals surface area contributed by atoms with Gasteiger partial charge in [-0.25, -0.2) is 14.4 Å². The van der Waals surface area contributed by atoms with Crippen LogP contribution in [0.15, 0.2) is 54.7 Å². The molecule has 4 rings (SSSR count). The molecule has 2 aromatic heterocycles. The Morgan fingerprint density at radius 2 is 1.62 bits per heavy atom. The molecule has 0 radical (unpaired) electrons. The van der Waals surface area contributed by atoms with Crippen LogP contribution in [-0.2, 0) is 0 Å². The number of hydrogen-bond donors (Lipinski definition) is 2.